The lowest BCUT2D eigenvalue weighted by atomic mass is 9.91. The number of rotatable bonds is 4. The number of benzene rings is 2. The van der Waals surface area contributed by atoms with Crippen molar-refractivity contribution in [1.29, 1.82) is 0 Å². The zero-order valence-corrected chi connectivity index (χ0v) is 15.2. The maximum Gasteiger partial charge on any atom is 0.223 e. The van der Waals surface area contributed by atoms with Crippen molar-refractivity contribution in [2.45, 2.75) is 25.3 Å². The molecular formula is C22H23FN2O2. The van der Waals surface area contributed by atoms with E-state index >= 15 is 0 Å². The molecule has 0 aliphatic carbocycles. The largest absolute Gasteiger partial charge is 0.339 e. The molecule has 4 nitrogen and oxygen atoms in total. The van der Waals surface area contributed by atoms with Gasteiger partial charge in [0.05, 0.1) is 6.04 Å². The fourth-order valence-electron chi connectivity index (χ4n) is 4.12. The number of carbonyl (C=O) groups excluding carboxylic acids is 2. The van der Waals surface area contributed by atoms with Crippen LogP contribution in [-0.2, 0) is 11.2 Å². The van der Waals surface area contributed by atoms with Crippen molar-refractivity contribution < 1.29 is 14.0 Å². The Morgan fingerprint density at radius 3 is 2.56 bits per heavy atom. The van der Waals surface area contributed by atoms with Gasteiger partial charge >= 0.3 is 0 Å². The van der Waals surface area contributed by atoms with E-state index in [4.69, 9.17) is 0 Å². The van der Waals surface area contributed by atoms with E-state index in [1.807, 2.05) is 4.90 Å². The standard InChI is InChI=1S/C22H23FN2O2/c23-18-7-5-17(6-8-18)21(26)9-10-22(27)25-14-13-24-12-11-16-3-1-2-4-19(16)20(24)15-25/h1-8,20H,9-15H2. The fourth-order valence-corrected chi connectivity index (χ4v) is 4.12. The lowest BCUT2D eigenvalue weighted by molar-refractivity contribution is -0.134. The highest BCUT2D eigenvalue weighted by Crippen LogP contribution is 2.32. The molecule has 2 aromatic rings. The molecule has 1 fully saturated rings. The number of ketones is 1. The van der Waals surface area contributed by atoms with Gasteiger partial charge in [0.25, 0.3) is 0 Å². The third-order valence-corrected chi connectivity index (χ3v) is 5.66. The number of piperazine rings is 1. The van der Waals surface area contributed by atoms with Crippen LogP contribution in [0.25, 0.3) is 0 Å². The van der Waals surface area contributed by atoms with Crippen molar-refractivity contribution in [2.24, 2.45) is 0 Å². The first-order chi connectivity index (χ1) is 13.1. The molecule has 2 aromatic carbocycles. The van der Waals surface area contributed by atoms with Crippen LogP contribution in [0.4, 0.5) is 4.39 Å². The van der Waals surface area contributed by atoms with Crippen LogP contribution in [0.2, 0.25) is 0 Å². The molecular weight excluding hydrogens is 343 g/mol. The Labute approximate surface area is 158 Å². The second kappa shape index (κ2) is 7.61. The first-order valence-electron chi connectivity index (χ1n) is 9.50. The normalized spacial score (nSPS) is 19.3. The molecule has 27 heavy (non-hydrogen) atoms. The van der Waals surface area contributed by atoms with Crippen LogP contribution in [0.15, 0.2) is 48.5 Å². The zero-order valence-electron chi connectivity index (χ0n) is 15.2. The molecule has 0 bridgehead atoms. The molecule has 1 saturated heterocycles. The average Bonchev–Trinajstić information content (AvgIpc) is 2.71. The number of hydrogen-bond donors (Lipinski definition) is 0. The summed E-state index contributed by atoms with van der Waals surface area (Å²) in [5.41, 5.74) is 3.15. The Balaban J connectivity index is 1.37. The van der Waals surface area contributed by atoms with Crippen LogP contribution in [0.3, 0.4) is 0 Å². The smallest absolute Gasteiger partial charge is 0.223 e. The predicted molar refractivity (Wildman–Crippen MR) is 101 cm³/mol. The summed E-state index contributed by atoms with van der Waals surface area (Å²) in [4.78, 5) is 29.2. The lowest BCUT2D eigenvalue weighted by Gasteiger charge is -2.45. The van der Waals surface area contributed by atoms with Crippen LogP contribution >= 0.6 is 0 Å². The van der Waals surface area contributed by atoms with E-state index in [0.717, 1.165) is 19.5 Å². The number of halogens is 1. The molecule has 0 aromatic heterocycles. The van der Waals surface area contributed by atoms with E-state index in [0.29, 0.717) is 18.7 Å². The zero-order chi connectivity index (χ0) is 18.8. The number of amides is 1. The molecule has 4 rings (SSSR count). The van der Waals surface area contributed by atoms with E-state index < -0.39 is 0 Å². The van der Waals surface area contributed by atoms with Crippen LogP contribution in [0, 0.1) is 5.82 Å². The second-order valence-corrected chi connectivity index (χ2v) is 7.27. The molecule has 140 valence electrons. The Morgan fingerprint density at radius 1 is 0.963 bits per heavy atom. The Kier molecular flexibility index (Phi) is 5.03. The minimum Gasteiger partial charge on any atom is -0.339 e. The topological polar surface area (TPSA) is 40.6 Å². The highest BCUT2D eigenvalue weighted by Gasteiger charge is 2.33. The summed E-state index contributed by atoms with van der Waals surface area (Å²) in [6, 6.07) is 14.2. The van der Waals surface area contributed by atoms with Crippen molar-refractivity contribution in [3.63, 3.8) is 0 Å². The molecule has 2 aliphatic rings. The van der Waals surface area contributed by atoms with Crippen LogP contribution in [0.1, 0.15) is 40.4 Å². The Bertz CT molecular complexity index is 850. The summed E-state index contributed by atoms with van der Waals surface area (Å²) in [5, 5.41) is 0. The number of hydrogen-bond acceptors (Lipinski definition) is 3. The number of Topliss-reactive ketones (excluding diaryl/α,β-unsaturated/α-hetero) is 1. The van der Waals surface area contributed by atoms with Gasteiger partial charge in [-0.2, -0.15) is 0 Å². The molecule has 2 heterocycles. The maximum absolute atomic E-state index is 13.0. The van der Waals surface area contributed by atoms with Crippen molar-refractivity contribution in [2.75, 3.05) is 26.2 Å². The predicted octanol–water partition coefficient (Wildman–Crippen LogP) is 3.23. The van der Waals surface area contributed by atoms with E-state index in [-0.39, 0.29) is 36.4 Å². The third-order valence-electron chi connectivity index (χ3n) is 5.66. The van der Waals surface area contributed by atoms with Crippen molar-refractivity contribution in [1.82, 2.24) is 9.80 Å². The van der Waals surface area contributed by atoms with Gasteiger partial charge in [-0.25, -0.2) is 4.39 Å². The summed E-state index contributed by atoms with van der Waals surface area (Å²) >= 11 is 0. The molecule has 0 saturated carbocycles. The monoisotopic (exact) mass is 366 g/mol. The van der Waals surface area contributed by atoms with Gasteiger partial charge in [0.2, 0.25) is 5.91 Å². The second-order valence-electron chi connectivity index (χ2n) is 7.27. The maximum atomic E-state index is 13.0. The minimum absolute atomic E-state index is 0.0215. The quantitative estimate of drug-likeness (QED) is 0.780. The summed E-state index contributed by atoms with van der Waals surface area (Å²) in [6.45, 7) is 3.30. The molecule has 0 spiro atoms. The average molecular weight is 366 g/mol. The molecule has 1 atom stereocenters. The van der Waals surface area contributed by atoms with E-state index in [1.54, 1.807) is 0 Å². The Hall–Kier alpha value is -2.53. The Morgan fingerprint density at radius 2 is 1.74 bits per heavy atom. The summed E-state index contributed by atoms with van der Waals surface area (Å²) in [7, 11) is 0. The highest BCUT2D eigenvalue weighted by molar-refractivity contribution is 5.97. The lowest BCUT2D eigenvalue weighted by Crippen LogP contribution is -2.52. The van der Waals surface area contributed by atoms with Gasteiger partial charge < -0.3 is 4.90 Å². The molecule has 5 heteroatoms. The van der Waals surface area contributed by atoms with E-state index in [9.17, 15) is 14.0 Å². The van der Waals surface area contributed by atoms with Crippen molar-refractivity contribution in [3.8, 4) is 0 Å². The third kappa shape index (κ3) is 3.78. The van der Waals surface area contributed by atoms with E-state index in [2.05, 4.69) is 29.2 Å². The summed E-state index contributed by atoms with van der Waals surface area (Å²) in [5.74, 6) is -0.466. The number of carbonyl (C=O) groups is 2. The summed E-state index contributed by atoms with van der Waals surface area (Å²) in [6.07, 6.45) is 1.42. The minimum atomic E-state index is -0.367. The summed E-state index contributed by atoms with van der Waals surface area (Å²) < 4.78 is 13.0. The highest BCUT2D eigenvalue weighted by atomic mass is 19.1. The van der Waals surface area contributed by atoms with Crippen LogP contribution in [0.5, 0.6) is 0 Å². The SMILES string of the molecule is O=C(CCC(=O)N1CCN2CCc3ccccc3C2C1)c1ccc(F)cc1. The number of nitrogens with zero attached hydrogens (tertiary/aromatic N) is 2. The van der Waals surface area contributed by atoms with Crippen molar-refractivity contribution in [3.05, 3.63) is 71.0 Å². The number of fused-ring (bicyclic) bond motifs is 3. The van der Waals surface area contributed by atoms with Gasteiger partial charge in [0.1, 0.15) is 5.82 Å². The molecule has 0 radical (unpaired) electrons. The van der Waals surface area contributed by atoms with Crippen LogP contribution < -0.4 is 0 Å². The van der Waals surface area contributed by atoms with Gasteiger partial charge in [0, 0.05) is 44.6 Å². The molecule has 1 amide bonds. The van der Waals surface area contributed by atoms with E-state index in [1.165, 1.54) is 35.4 Å². The van der Waals surface area contributed by atoms with Crippen molar-refractivity contribution >= 4 is 11.7 Å². The first kappa shape index (κ1) is 17.9. The van der Waals surface area contributed by atoms with Gasteiger partial charge in [-0.1, -0.05) is 24.3 Å². The van der Waals surface area contributed by atoms with Crippen LogP contribution in [-0.4, -0.2) is 47.7 Å². The molecule has 2 aliphatic heterocycles. The fraction of sp³-hybridized carbons (Fsp3) is 0.364. The van der Waals surface area contributed by atoms with Gasteiger partial charge in [0.15, 0.2) is 5.78 Å². The molecule has 1 unspecified atom stereocenters. The van der Waals surface area contributed by atoms with Gasteiger partial charge in [-0.15, -0.1) is 0 Å². The molecule has 0 N–H and O–H groups in total. The first-order valence-corrected chi connectivity index (χ1v) is 9.50. The van der Waals surface area contributed by atoms with Gasteiger partial charge in [-0.05, 0) is 41.8 Å². The van der Waals surface area contributed by atoms with Gasteiger partial charge in [-0.3, -0.25) is 14.5 Å².